The van der Waals surface area contributed by atoms with Gasteiger partial charge in [-0.05, 0) is 62.4 Å². The number of aromatic nitrogens is 1. The van der Waals surface area contributed by atoms with Crippen LogP contribution in [-0.2, 0) is 11.2 Å². The molecule has 0 unspecified atom stereocenters. The fourth-order valence-corrected chi connectivity index (χ4v) is 2.96. The number of hydrogen-bond donors (Lipinski definition) is 1. The fourth-order valence-electron chi connectivity index (χ4n) is 2.96. The molecular formula is C22H24FN3O2. The highest BCUT2D eigenvalue weighted by molar-refractivity contribution is 5.90. The van der Waals surface area contributed by atoms with Crippen molar-refractivity contribution in [3.63, 3.8) is 0 Å². The van der Waals surface area contributed by atoms with Crippen LogP contribution in [0.3, 0.4) is 0 Å². The largest absolute Gasteiger partial charge is 0.441 e. The SMILES string of the molecule is CCN(CC)c1ccc(NC(=O)CCc2ncc(-c3ccc(F)cc3)o2)cc1. The first kappa shape index (κ1) is 19.6. The second-order valence-corrected chi connectivity index (χ2v) is 6.39. The van der Waals surface area contributed by atoms with Gasteiger partial charge in [-0.15, -0.1) is 0 Å². The van der Waals surface area contributed by atoms with Gasteiger partial charge in [-0.25, -0.2) is 9.37 Å². The molecule has 1 heterocycles. The van der Waals surface area contributed by atoms with Gasteiger partial charge in [-0.3, -0.25) is 4.79 Å². The van der Waals surface area contributed by atoms with Crippen LogP contribution in [0.25, 0.3) is 11.3 Å². The summed E-state index contributed by atoms with van der Waals surface area (Å²) in [5.74, 6) is 0.635. The first-order chi connectivity index (χ1) is 13.6. The van der Waals surface area contributed by atoms with E-state index in [0.29, 0.717) is 18.1 Å². The van der Waals surface area contributed by atoms with Crippen LogP contribution in [0.5, 0.6) is 0 Å². The molecule has 2 aromatic carbocycles. The zero-order valence-corrected chi connectivity index (χ0v) is 16.1. The average molecular weight is 381 g/mol. The van der Waals surface area contributed by atoms with Crippen molar-refractivity contribution in [2.24, 2.45) is 0 Å². The summed E-state index contributed by atoms with van der Waals surface area (Å²) in [4.78, 5) is 18.6. The van der Waals surface area contributed by atoms with Crippen molar-refractivity contribution in [3.05, 3.63) is 66.4 Å². The maximum Gasteiger partial charge on any atom is 0.224 e. The van der Waals surface area contributed by atoms with Gasteiger partial charge in [0.25, 0.3) is 0 Å². The van der Waals surface area contributed by atoms with E-state index < -0.39 is 0 Å². The molecule has 6 heteroatoms. The number of halogens is 1. The van der Waals surface area contributed by atoms with Gasteiger partial charge in [0, 0.05) is 42.9 Å². The number of oxazole rings is 1. The Labute approximate surface area is 164 Å². The van der Waals surface area contributed by atoms with Crippen LogP contribution in [0.4, 0.5) is 15.8 Å². The van der Waals surface area contributed by atoms with E-state index in [9.17, 15) is 9.18 Å². The Kier molecular flexibility index (Phi) is 6.42. The smallest absolute Gasteiger partial charge is 0.224 e. The molecule has 28 heavy (non-hydrogen) atoms. The van der Waals surface area contributed by atoms with Gasteiger partial charge < -0.3 is 14.6 Å². The monoisotopic (exact) mass is 381 g/mol. The highest BCUT2D eigenvalue weighted by Gasteiger charge is 2.10. The summed E-state index contributed by atoms with van der Waals surface area (Å²) < 4.78 is 18.7. The number of aryl methyl sites for hydroxylation is 1. The number of benzene rings is 2. The third kappa shape index (κ3) is 4.97. The zero-order valence-electron chi connectivity index (χ0n) is 16.1. The average Bonchev–Trinajstić information content (AvgIpc) is 3.18. The predicted octanol–water partition coefficient (Wildman–Crippen LogP) is 4.90. The minimum Gasteiger partial charge on any atom is -0.441 e. The molecule has 0 radical (unpaired) electrons. The van der Waals surface area contributed by atoms with Crippen molar-refractivity contribution in [1.29, 1.82) is 0 Å². The summed E-state index contributed by atoms with van der Waals surface area (Å²) in [6, 6.07) is 13.8. The first-order valence-corrected chi connectivity index (χ1v) is 9.44. The molecule has 146 valence electrons. The second kappa shape index (κ2) is 9.17. The van der Waals surface area contributed by atoms with E-state index >= 15 is 0 Å². The van der Waals surface area contributed by atoms with Crippen molar-refractivity contribution in [2.45, 2.75) is 26.7 Å². The zero-order chi connectivity index (χ0) is 19.9. The van der Waals surface area contributed by atoms with Crippen LogP contribution < -0.4 is 10.2 Å². The van der Waals surface area contributed by atoms with Gasteiger partial charge in [-0.2, -0.15) is 0 Å². The molecule has 1 amide bonds. The Balaban J connectivity index is 1.52. The quantitative estimate of drug-likeness (QED) is 0.603. The number of rotatable bonds is 8. The number of anilines is 2. The summed E-state index contributed by atoms with van der Waals surface area (Å²) in [5.41, 5.74) is 2.65. The Hall–Kier alpha value is -3.15. The topological polar surface area (TPSA) is 58.4 Å². The normalized spacial score (nSPS) is 10.7. The van der Waals surface area contributed by atoms with E-state index in [2.05, 4.69) is 29.0 Å². The van der Waals surface area contributed by atoms with E-state index in [4.69, 9.17) is 4.42 Å². The van der Waals surface area contributed by atoms with Crippen molar-refractivity contribution in [1.82, 2.24) is 4.98 Å². The number of carbonyl (C=O) groups excluding carboxylic acids is 1. The van der Waals surface area contributed by atoms with Crippen molar-refractivity contribution >= 4 is 17.3 Å². The summed E-state index contributed by atoms with van der Waals surface area (Å²) in [7, 11) is 0. The summed E-state index contributed by atoms with van der Waals surface area (Å²) in [6.07, 6.45) is 2.25. The third-order valence-electron chi connectivity index (χ3n) is 4.53. The molecule has 0 bridgehead atoms. The minimum absolute atomic E-state index is 0.0999. The highest BCUT2D eigenvalue weighted by atomic mass is 19.1. The lowest BCUT2D eigenvalue weighted by Crippen LogP contribution is -2.21. The fraction of sp³-hybridized carbons (Fsp3) is 0.273. The minimum atomic E-state index is -0.301. The van der Waals surface area contributed by atoms with Crippen LogP contribution in [0.15, 0.2) is 59.1 Å². The number of amides is 1. The summed E-state index contributed by atoms with van der Waals surface area (Å²) in [6.45, 7) is 6.11. The first-order valence-electron chi connectivity index (χ1n) is 9.44. The lowest BCUT2D eigenvalue weighted by atomic mass is 10.2. The highest BCUT2D eigenvalue weighted by Crippen LogP contribution is 2.21. The van der Waals surface area contributed by atoms with E-state index in [1.807, 2.05) is 24.3 Å². The second-order valence-electron chi connectivity index (χ2n) is 6.39. The Morgan fingerprint density at radius 2 is 1.75 bits per heavy atom. The molecule has 3 aromatic rings. The van der Waals surface area contributed by atoms with Gasteiger partial charge in [0.2, 0.25) is 5.91 Å². The molecule has 1 N–H and O–H groups in total. The van der Waals surface area contributed by atoms with Crippen LogP contribution in [0.2, 0.25) is 0 Å². The number of carbonyl (C=O) groups is 1. The van der Waals surface area contributed by atoms with Crippen molar-refractivity contribution < 1.29 is 13.6 Å². The molecule has 0 atom stereocenters. The van der Waals surface area contributed by atoms with E-state index in [-0.39, 0.29) is 18.1 Å². The number of nitrogens with zero attached hydrogens (tertiary/aromatic N) is 2. The molecule has 0 saturated heterocycles. The molecule has 0 spiro atoms. The molecule has 0 aliphatic heterocycles. The van der Waals surface area contributed by atoms with Gasteiger partial charge in [0.05, 0.1) is 6.20 Å². The molecule has 1 aromatic heterocycles. The third-order valence-corrected chi connectivity index (χ3v) is 4.53. The van der Waals surface area contributed by atoms with Gasteiger partial charge in [0.15, 0.2) is 11.7 Å². The number of hydrogen-bond acceptors (Lipinski definition) is 4. The summed E-state index contributed by atoms with van der Waals surface area (Å²) in [5, 5.41) is 2.89. The Bertz CT molecular complexity index is 900. The number of nitrogens with one attached hydrogen (secondary N) is 1. The molecular weight excluding hydrogens is 357 g/mol. The molecule has 5 nitrogen and oxygen atoms in total. The van der Waals surface area contributed by atoms with E-state index in [0.717, 1.165) is 30.0 Å². The molecule has 0 saturated carbocycles. The van der Waals surface area contributed by atoms with Gasteiger partial charge in [-0.1, -0.05) is 0 Å². The standard InChI is InChI=1S/C22H24FN3O2/c1-3-26(4-2)19-11-9-18(10-12-19)25-21(27)13-14-22-24-15-20(28-22)16-5-7-17(23)8-6-16/h5-12,15H,3-4,13-14H2,1-2H3,(H,25,27). The molecule has 0 aliphatic carbocycles. The molecule has 0 aliphatic rings. The Morgan fingerprint density at radius 3 is 2.39 bits per heavy atom. The lowest BCUT2D eigenvalue weighted by molar-refractivity contribution is -0.116. The predicted molar refractivity (Wildman–Crippen MR) is 109 cm³/mol. The van der Waals surface area contributed by atoms with Crippen LogP contribution in [0, 0.1) is 5.82 Å². The van der Waals surface area contributed by atoms with E-state index in [1.165, 1.54) is 12.1 Å². The van der Waals surface area contributed by atoms with Crippen LogP contribution in [-0.4, -0.2) is 24.0 Å². The van der Waals surface area contributed by atoms with Crippen LogP contribution in [0.1, 0.15) is 26.2 Å². The maximum absolute atomic E-state index is 13.0. The van der Waals surface area contributed by atoms with Crippen molar-refractivity contribution in [3.8, 4) is 11.3 Å². The Morgan fingerprint density at radius 1 is 1.07 bits per heavy atom. The van der Waals surface area contributed by atoms with Gasteiger partial charge >= 0.3 is 0 Å². The molecule has 3 rings (SSSR count). The summed E-state index contributed by atoms with van der Waals surface area (Å²) >= 11 is 0. The van der Waals surface area contributed by atoms with E-state index in [1.54, 1.807) is 18.3 Å². The van der Waals surface area contributed by atoms with Gasteiger partial charge in [0.1, 0.15) is 5.82 Å². The van der Waals surface area contributed by atoms with Crippen molar-refractivity contribution in [2.75, 3.05) is 23.3 Å². The molecule has 0 fully saturated rings. The lowest BCUT2D eigenvalue weighted by Gasteiger charge is -2.21. The van der Waals surface area contributed by atoms with Crippen LogP contribution >= 0.6 is 0 Å². The maximum atomic E-state index is 13.0.